The van der Waals surface area contributed by atoms with E-state index < -0.39 is 16.1 Å². The SMILES string of the molecule is Cc1ccc(S(=O)(=O)NC(=O)NCc2cc(C)n(C3CC3)c2C)cc1. The molecule has 0 unspecified atom stereocenters. The Labute approximate surface area is 148 Å². The monoisotopic (exact) mass is 361 g/mol. The molecule has 1 saturated carbocycles. The van der Waals surface area contributed by atoms with Gasteiger partial charge < -0.3 is 9.88 Å². The minimum absolute atomic E-state index is 0.0696. The Morgan fingerprint density at radius 1 is 1.16 bits per heavy atom. The molecule has 0 bridgehead atoms. The summed E-state index contributed by atoms with van der Waals surface area (Å²) in [6.07, 6.45) is 2.39. The number of benzene rings is 1. The van der Waals surface area contributed by atoms with Gasteiger partial charge in [0.1, 0.15) is 0 Å². The molecule has 2 aromatic rings. The Bertz CT molecular complexity index is 894. The van der Waals surface area contributed by atoms with E-state index in [9.17, 15) is 13.2 Å². The summed E-state index contributed by atoms with van der Waals surface area (Å²) in [5.41, 5.74) is 4.26. The summed E-state index contributed by atoms with van der Waals surface area (Å²) in [6, 6.07) is 8.24. The van der Waals surface area contributed by atoms with Crippen LogP contribution in [0.25, 0.3) is 0 Å². The van der Waals surface area contributed by atoms with Crippen LogP contribution in [0.2, 0.25) is 0 Å². The number of amides is 2. The molecule has 0 radical (unpaired) electrons. The van der Waals surface area contributed by atoms with Gasteiger partial charge in [0.15, 0.2) is 0 Å². The van der Waals surface area contributed by atoms with Crippen molar-refractivity contribution in [3.8, 4) is 0 Å². The van der Waals surface area contributed by atoms with E-state index in [0.717, 1.165) is 16.8 Å². The fraction of sp³-hybridized carbons (Fsp3) is 0.389. The number of sulfonamides is 1. The second kappa shape index (κ2) is 6.55. The molecule has 1 aliphatic rings. The van der Waals surface area contributed by atoms with Crippen molar-refractivity contribution >= 4 is 16.1 Å². The maximum absolute atomic E-state index is 12.2. The van der Waals surface area contributed by atoms with E-state index in [2.05, 4.69) is 21.5 Å². The average Bonchev–Trinajstić information content (AvgIpc) is 3.32. The number of carbonyl (C=O) groups excluding carboxylic acids is 1. The zero-order chi connectivity index (χ0) is 18.2. The lowest BCUT2D eigenvalue weighted by molar-refractivity contribution is 0.245. The van der Waals surface area contributed by atoms with E-state index in [-0.39, 0.29) is 4.90 Å². The summed E-state index contributed by atoms with van der Waals surface area (Å²) < 4.78 is 28.8. The van der Waals surface area contributed by atoms with Crippen LogP contribution in [0.5, 0.6) is 0 Å². The molecule has 134 valence electrons. The van der Waals surface area contributed by atoms with Crippen LogP contribution in [0, 0.1) is 20.8 Å². The quantitative estimate of drug-likeness (QED) is 0.859. The molecule has 1 aromatic heterocycles. The molecule has 1 fully saturated rings. The lowest BCUT2D eigenvalue weighted by Crippen LogP contribution is -2.39. The lowest BCUT2D eigenvalue weighted by Gasteiger charge is -2.10. The van der Waals surface area contributed by atoms with Crippen molar-refractivity contribution in [1.29, 1.82) is 0 Å². The number of urea groups is 1. The zero-order valence-corrected chi connectivity index (χ0v) is 15.5. The summed E-state index contributed by atoms with van der Waals surface area (Å²) in [6.45, 7) is 6.25. The molecule has 25 heavy (non-hydrogen) atoms. The van der Waals surface area contributed by atoms with Crippen LogP contribution in [0.15, 0.2) is 35.2 Å². The van der Waals surface area contributed by atoms with Gasteiger partial charge in [-0.2, -0.15) is 0 Å². The maximum Gasteiger partial charge on any atom is 0.328 e. The summed E-state index contributed by atoms with van der Waals surface area (Å²) in [5, 5.41) is 2.63. The second-order valence-corrected chi connectivity index (χ2v) is 8.28. The Balaban J connectivity index is 1.63. The normalized spacial score (nSPS) is 14.4. The Kier molecular flexibility index (Phi) is 4.60. The number of carbonyl (C=O) groups is 1. The van der Waals surface area contributed by atoms with Crippen LogP contribution in [-0.4, -0.2) is 19.0 Å². The predicted octanol–water partition coefficient (Wildman–Crippen LogP) is 2.94. The third-order valence-electron chi connectivity index (χ3n) is 4.50. The number of rotatable bonds is 5. The van der Waals surface area contributed by atoms with Gasteiger partial charge in [-0.25, -0.2) is 17.9 Å². The van der Waals surface area contributed by atoms with Crippen LogP contribution < -0.4 is 10.0 Å². The van der Waals surface area contributed by atoms with Crippen molar-refractivity contribution in [2.24, 2.45) is 0 Å². The van der Waals surface area contributed by atoms with Crippen LogP contribution in [0.3, 0.4) is 0 Å². The van der Waals surface area contributed by atoms with E-state index in [4.69, 9.17) is 0 Å². The third kappa shape index (κ3) is 3.87. The highest BCUT2D eigenvalue weighted by molar-refractivity contribution is 7.90. The van der Waals surface area contributed by atoms with Gasteiger partial charge in [-0.15, -0.1) is 0 Å². The van der Waals surface area contributed by atoms with Crippen molar-refractivity contribution < 1.29 is 13.2 Å². The van der Waals surface area contributed by atoms with Gasteiger partial charge in [0, 0.05) is 24.0 Å². The van der Waals surface area contributed by atoms with E-state index in [0.29, 0.717) is 12.6 Å². The molecule has 1 heterocycles. The van der Waals surface area contributed by atoms with Gasteiger partial charge in [0.2, 0.25) is 0 Å². The van der Waals surface area contributed by atoms with E-state index >= 15 is 0 Å². The molecule has 2 N–H and O–H groups in total. The van der Waals surface area contributed by atoms with Gasteiger partial charge in [0.05, 0.1) is 4.90 Å². The Morgan fingerprint density at radius 2 is 1.80 bits per heavy atom. The number of aromatic nitrogens is 1. The van der Waals surface area contributed by atoms with Crippen molar-refractivity contribution in [2.75, 3.05) is 0 Å². The van der Waals surface area contributed by atoms with Gasteiger partial charge in [-0.05, 0) is 57.4 Å². The molecular formula is C18H23N3O3S. The number of hydrogen-bond donors (Lipinski definition) is 2. The molecule has 1 aliphatic carbocycles. The summed E-state index contributed by atoms with van der Waals surface area (Å²) in [7, 11) is -3.86. The standard InChI is InChI=1S/C18H23N3O3S/c1-12-4-8-17(9-5-12)25(23,24)20-18(22)19-11-15-10-13(2)21(14(15)3)16-6-7-16/h4-5,8-10,16H,6-7,11H2,1-3H3,(H2,19,20,22). The van der Waals surface area contributed by atoms with Crippen LogP contribution in [0.4, 0.5) is 4.79 Å². The first-order valence-electron chi connectivity index (χ1n) is 8.32. The molecule has 6 nitrogen and oxygen atoms in total. The van der Waals surface area contributed by atoms with Gasteiger partial charge in [-0.1, -0.05) is 17.7 Å². The molecule has 0 atom stereocenters. The number of aryl methyl sites for hydroxylation is 2. The van der Waals surface area contributed by atoms with Crippen LogP contribution in [0.1, 0.15) is 41.4 Å². The molecule has 1 aromatic carbocycles. The highest BCUT2D eigenvalue weighted by Crippen LogP contribution is 2.38. The minimum Gasteiger partial charge on any atom is -0.346 e. The smallest absolute Gasteiger partial charge is 0.328 e. The van der Waals surface area contributed by atoms with E-state index in [1.807, 2.05) is 19.9 Å². The first-order chi connectivity index (χ1) is 11.8. The molecule has 0 spiro atoms. The fourth-order valence-corrected chi connectivity index (χ4v) is 3.96. The number of nitrogens with one attached hydrogen (secondary N) is 2. The van der Waals surface area contributed by atoms with E-state index in [1.165, 1.54) is 30.7 Å². The number of nitrogens with zero attached hydrogens (tertiary/aromatic N) is 1. The van der Waals surface area contributed by atoms with Gasteiger partial charge >= 0.3 is 6.03 Å². The summed E-state index contributed by atoms with van der Waals surface area (Å²) >= 11 is 0. The maximum atomic E-state index is 12.2. The Hall–Kier alpha value is -2.28. The summed E-state index contributed by atoms with van der Waals surface area (Å²) in [4.78, 5) is 12.1. The largest absolute Gasteiger partial charge is 0.346 e. The van der Waals surface area contributed by atoms with Crippen molar-refractivity contribution in [2.45, 2.75) is 51.1 Å². The van der Waals surface area contributed by atoms with E-state index in [1.54, 1.807) is 12.1 Å². The lowest BCUT2D eigenvalue weighted by atomic mass is 10.2. The number of hydrogen-bond acceptors (Lipinski definition) is 3. The van der Waals surface area contributed by atoms with Gasteiger partial charge in [0.25, 0.3) is 10.0 Å². The van der Waals surface area contributed by atoms with Crippen LogP contribution in [-0.2, 0) is 16.6 Å². The molecule has 0 aliphatic heterocycles. The third-order valence-corrected chi connectivity index (χ3v) is 5.85. The average molecular weight is 361 g/mol. The Morgan fingerprint density at radius 3 is 2.40 bits per heavy atom. The topological polar surface area (TPSA) is 80.2 Å². The van der Waals surface area contributed by atoms with Crippen LogP contribution >= 0.6 is 0 Å². The minimum atomic E-state index is -3.86. The van der Waals surface area contributed by atoms with Crippen molar-refractivity contribution in [3.63, 3.8) is 0 Å². The fourth-order valence-electron chi connectivity index (χ4n) is 3.03. The second-order valence-electron chi connectivity index (χ2n) is 6.60. The van der Waals surface area contributed by atoms with Crippen molar-refractivity contribution in [3.05, 3.63) is 52.8 Å². The molecule has 0 saturated heterocycles. The first-order valence-corrected chi connectivity index (χ1v) is 9.81. The first kappa shape index (κ1) is 17.5. The molecule has 2 amide bonds. The highest BCUT2D eigenvalue weighted by atomic mass is 32.2. The molecular weight excluding hydrogens is 338 g/mol. The molecule has 7 heteroatoms. The van der Waals surface area contributed by atoms with Crippen molar-refractivity contribution in [1.82, 2.24) is 14.6 Å². The predicted molar refractivity (Wildman–Crippen MR) is 95.9 cm³/mol. The summed E-state index contributed by atoms with van der Waals surface area (Å²) in [5.74, 6) is 0. The molecule has 3 rings (SSSR count). The van der Waals surface area contributed by atoms with Gasteiger partial charge in [-0.3, -0.25) is 0 Å². The zero-order valence-electron chi connectivity index (χ0n) is 14.7. The highest BCUT2D eigenvalue weighted by Gasteiger charge is 2.27.